The second-order valence-corrected chi connectivity index (χ2v) is 2.45. The first kappa shape index (κ1) is 7.98. The van der Waals surface area contributed by atoms with Gasteiger partial charge in [0, 0.05) is 13.5 Å². The first-order valence-electron chi connectivity index (χ1n) is 3.59. The summed E-state index contributed by atoms with van der Waals surface area (Å²) in [5.41, 5.74) is 0. The Morgan fingerprint density at radius 1 is 1.30 bits per heavy atom. The molecule has 1 fully saturated rings. The maximum absolute atomic E-state index is 5.33. The van der Waals surface area contributed by atoms with Crippen LogP contribution in [0.4, 0.5) is 0 Å². The molecule has 0 N–H and O–H groups in total. The van der Waals surface area contributed by atoms with E-state index in [0.717, 1.165) is 6.42 Å². The molecule has 0 aromatic carbocycles. The summed E-state index contributed by atoms with van der Waals surface area (Å²) in [7, 11) is 1.66. The zero-order chi connectivity index (χ0) is 7.40. The van der Waals surface area contributed by atoms with Gasteiger partial charge in [-0.3, -0.25) is 0 Å². The standard InChI is InChI=1S/C7H14O3/c1-6-5-7(8-2)10-4-3-9-6/h6-7H,3-5H2,1-2H3/t6-,7-/m1/s1. The zero-order valence-electron chi connectivity index (χ0n) is 6.50. The minimum atomic E-state index is -0.0718. The van der Waals surface area contributed by atoms with Crippen LogP contribution >= 0.6 is 0 Å². The highest BCUT2D eigenvalue weighted by atomic mass is 16.7. The second-order valence-electron chi connectivity index (χ2n) is 2.45. The van der Waals surface area contributed by atoms with Crippen molar-refractivity contribution in [1.29, 1.82) is 0 Å². The fourth-order valence-electron chi connectivity index (χ4n) is 1.00. The van der Waals surface area contributed by atoms with Gasteiger partial charge in [0.05, 0.1) is 19.3 Å². The predicted octanol–water partition coefficient (Wildman–Crippen LogP) is 0.784. The normalized spacial score (nSPS) is 35.4. The molecule has 3 nitrogen and oxygen atoms in total. The maximum atomic E-state index is 5.33. The fraction of sp³-hybridized carbons (Fsp3) is 1.00. The highest BCUT2D eigenvalue weighted by molar-refractivity contribution is 4.57. The van der Waals surface area contributed by atoms with E-state index in [4.69, 9.17) is 14.2 Å². The van der Waals surface area contributed by atoms with E-state index in [1.54, 1.807) is 7.11 Å². The van der Waals surface area contributed by atoms with Gasteiger partial charge in [0.2, 0.25) is 0 Å². The highest BCUT2D eigenvalue weighted by Crippen LogP contribution is 2.10. The molecule has 1 aliphatic rings. The van der Waals surface area contributed by atoms with Gasteiger partial charge in [-0.05, 0) is 6.92 Å². The van der Waals surface area contributed by atoms with Crippen LogP contribution < -0.4 is 0 Å². The van der Waals surface area contributed by atoms with Gasteiger partial charge in [0.15, 0.2) is 6.29 Å². The minimum Gasteiger partial charge on any atom is -0.376 e. The van der Waals surface area contributed by atoms with Crippen molar-refractivity contribution in [1.82, 2.24) is 0 Å². The van der Waals surface area contributed by atoms with Crippen LogP contribution in [-0.2, 0) is 14.2 Å². The number of methoxy groups -OCH3 is 1. The third-order valence-electron chi connectivity index (χ3n) is 1.58. The molecule has 1 aliphatic heterocycles. The van der Waals surface area contributed by atoms with E-state index < -0.39 is 0 Å². The summed E-state index contributed by atoms with van der Waals surface area (Å²) in [5.74, 6) is 0. The van der Waals surface area contributed by atoms with Gasteiger partial charge in [-0.1, -0.05) is 0 Å². The average Bonchev–Trinajstić information content (AvgIpc) is 2.13. The number of hydrogen-bond acceptors (Lipinski definition) is 3. The van der Waals surface area contributed by atoms with E-state index in [2.05, 4.69) is 0 Å². The van der Waals surface area contributed by atoms with Crippen molar-refractivity contribution in [3.63, 3.8) is 0 Å². The highest BCUT2D eigenvalue weighted by Gasteiger charge is 2.16. The maximum Gasteiger partial charge on any atom is 0.159 e. The molecule has 0 unspecified atom stereocenters. The lowest BCUT2D eigenvalue weighted by molar-refractivity contribution is -0.120. The van der Waals surface area contributed by atoms with Crippen molar-refractivity contribution in [2.75, 3.05) is 20.3 Å². The summed E-state index contributed by atoms with van der Waals surface area (Å²) in [5, 5.41) is 0. The second kappa shape index (κ2) is 3.91. The van der Waals surface area contributed by atoms with Crippen LogP contribution in [0.5, 0.6) is 0 Å². The van der Waals surface area contributed by atoms with E-state index in [-0.39, 0.29) is 12.4 Å². The van der Waals surface area contributed by atoms with Crippen molar-refractivity contribution in [2.45, 2.75) is 25.7 Å². The van der Waals surface area contributed by atoms with E-state index in [1.165, 1.54) is 0 Å². The predicted molar refractivity (Wildman–Crippen MR) is 36.8 cm³/mol. The molecule has 0 spiro atoms. The van der Waals surface area contributed by atoms with Gasteiger partial charge in [0.25, 0.3) is 0 Å². The number of ether oxygens (including phenoxy) is 3. The Morgan fingerprint density at radius 3 is 2.70 bits per heavy atom. The smallest absolute Gasteiger partial charge is 0.159 e. The Hall–Kier alpha value is -0.120. The van der Waals surface area contributed by atoms with E-state index in [1.807, 2.05) is 6.92 Å². The third kappa shape index (κ3) is 2.25. The molecule has 1 saturated heterocycles. The molecule has 0 radical (unpaired) electrons. The van der Waals surface area contributed by atoms with E-state index >= 15 is 0 Å². The Kier molecular flexibility index (Phi) is 3.12. The molecule has 0 bridgehead atoms. The molecule has 0 aliphatic carbocycles. The topological polar surface area (TPSA) is 27.7 Å². The fourth-order valence-corrected chi connectivity index (χ4v) is 1.00. The van der Waals surface area contributed by atoms with Gasteiger partial charge < -0.3 is 14.2 Å². The summed E-state index contributed by atoms with van der Waals surface area (Å²) in [6.07, 6.45) is 1.01. The minimum absolute atomic E-state index is 0.0718. The molecule has 1 rings (SSSR count). The Balaban J connectivity index is 2.30. The monoisotopic (exact) mass is 146 g/mol. The lowest BCUT2D eigenvalue weighted by Crippen LogP contribution is -2.18. The summed E-state index contributed by atoms with van der Waals surface area (Å²) in [4.78, 5) is 0. The van der Waals surface area contributed by atoms with Crippen molar-refractivity contribution in [2.24, 2.45) is 0 Å². The molecule has 60 valence electrons. The molecule has 0 aromatic heterocycles. The van der Waals surface area contributed by atoms with Crippen LogP contribution in [0.1, 0.15) is 13.3 Å². The summed E-state index contributed by atoms with van der Waals surface area (Å²) in [6.45, 7) is 3.35. The van der Waals surface area contributed by atoms with E-state index in [0.29, 0.717) is 13.2 Å². The Bertz CT molecular complexity index is 94.9. The van der Waals surface area contributed by atoms with Crippen molar-refractivity contribution in [3.8, 4) is 0 Å². The van der Waals surface area contributed by atoms with E-state index in [9.17, 15) is 0 Å². The molecule has 3 heteroatoms. The van der Waals surface area contributed by atoms with Crippen LogP contribution in [0.15, 0.2) is 0 Å². The summed E-state index contributed by atoms with van der Waals surface area (Å²) < 4.78 is 15.6. The number of hydrogen-bond donors (Lipinski definition) is 0. The zero-order valence-corrected chi connectivity index (χ0v) is 6.50. The molecule has 1 heterocycles. The quantitative estimate of drug-likeness (QED) is 0.547. The SMILES string of the molecule is CO[C@H]1C[C@@H](C)OCCO1. The first-order valence-corrected chi connectivity index (χ1v) is 3.59. The molecule has 0 saturated carbocycles. The molecule has 2 atom stereocenters. The molecule has 10 heavy (non-hydrogen) atoms. The van der Waals surface area contributed by atoms with Crippen molar-refractivity contribution < 1.29 is 14.2 Å². The van der Waals surface area contributed by atoms with Crippen molar-refractivity contribution in [3.05, 3.63) is 0 Å². The van der Waals surface area contributed by atoms with Crippen LogP contribution in [0, 0.1) is 0 Å². The van der Waals surface area contributed by atoms with Gasteiger partial charge in [-0.25, -0.2) is 0 Å². The molecule has 0 amide bonds. The largest absolute Gasteiger partial charge is 0.376 e. The molecular formula is C7H14O3. The van der Waals surface area contributed by atoms with Gasteiger partial charge >= 0.3 is 0 Å². The van der Waals surface area contributed by atoms with Crippen LogP contribution in [0.2, 0.25) is 0 Å². The van der Waals surface area contributed by atoms with Crippen LogP contribution in [-0.4, -0.2) is 32.7 Å². The molecule has 0 aromatic rings. The van der Waals surface area contributed by atoms with Crippen LogP contribution in [0.25, 0.3) is 0 Å². The lowest BCUT2D eigenvalue weighted by Gasteiger charge is -2.13. The van der Waals surface area contributed by atoms with Gasteiger partial charge in [-0.2, -0.15) is 0 Å². The van der Waals surface area contributed by atoms with Crippen molar-refractivity contribution >= 4 is 0 Å². The lowest BCUT2D eigenvalue weighted by atomic mass is 10.3. The third-order valence-corrected chi connectivity index (χ3v) is 1.58. The van der Waals surface area contributed by atoms with Gasteiger partial charge in [-0.15, -0.1) is 0 Å². The Morgan fingerprint density at radius 2 is 2.00 bits per heavy atom. The van der Waals surface area contributed by atoms with Gasteiger partial charge in [0.1, 0.15) is 0 Å². The summed E-state index contributed by atoms with van der Waals surface area (Å²) in [6, 6.07) is 0. The Labute approximate surface area is 61.3 Å². The number of rotatable bonds is 1. The summed E-state index contributed by atoms with van der Waals surface area (Å²) >= 11 is 0. The first-order chi connectivity index (χ1) is 4.83. The average molecular weight is 146 g/mol. The molecular weight excluding hydrogens is 132 g/mol. The van der Waals surface area contributed by atoms with Crippen LogP contribution in [0.3, 0.4) is 0 Å².